The van der Waals surface area contributed by atoms with Crippen molar-refractivity contribution in [2.24, 2.45) is 0 Å². The zero-order valence-electron chi connectivity index (χ0n) is 12.1. The number of rotatable bonds is 5. The zero-order chi connectivity index (χ0) is 14.4. The number of aromatic nitrogens is 1. The van der Waals surface area contributed by atoms with Crippen LogP contribution in [0.5, 0.6) is 0 Å². The van der Waals surface area contributed by atoms with Crippen molar-refractivity contribution in [3.63, 3.8) is 0 Å². The molecule has 0 atom stereocenters. The second-order valence-electron chi connectivity index (χ2n) is 5.09. The third-order valence-electron chi connectivity index (χ3n) is 3.21. The molecule has 1 fully saturated rings. The van der Waals surface area contributed by atoms with Crippen LogP contribution in [0, 0.1) is 0 Å². The van der Waals surface area contributed by atoms with Gasteiger partial charge >= 0.3 is 0 Å². The normalized spacial score (nSPS) is 15.4. The van der Waals surface area contributed by atoms with Gasteiger partial charge in [-0.3, -0.25) is 9.78 Å². The number of nitrogens with one attached hydrogen (secondary N) is 1. The molecule has 0 saturated carbocycles. The maximum atomic E-state index is 12.0. The van der Waals surface area contributed by atoms with Gasteiger partial charge in [0.05, 0.1) is 30.7 Å². The first-order valence-corrected chi connectivity index (χ1v) is 6.87. The van der Waals surface area contributed by atoms with Gasteiger partial charge in [0.2, 0.25) is 0 Å². The summed E-state index contributed by atoms with van der Waals surface area (Å²) in [5.41, 5.74) is 1.58. The summed E-state index contributed by atoms with van der Waals surface area (Å²) in [7, 11) is 3.96. The van der Waals surface area contributed by atoms with Gasteiger partial charge in [-0.1, -0.05) is 0 Å². The first-order valence-electron chi connectivity index (χ1n) is 6.87. The molecule has 1 aromatic rings. The van der Waals surface area contributed by atoms with E-state index in [1.165, 1.54) is 0 Å². The number of carbonyl (C=O) groups excluding carboxylic acids is 1. The van der Waals surface area contributed by atoms with Crippen molar-refractivity contribution in [1.29, 1.82) is 0 Å². The number of likely N-dealkylation sites (N-methyl/N-ethyl adjacent to an activating group) is 1. The lowest BCUT2D eigenvalue weighted by atomic mass is 10.2. The van der Waals surface area contributed by atoms with Gasteiger partial charge in [-0.15, -0.1) is 0 Å². The third-order valence-corrected chi connectivity index (χ3v) is 3.21. The minimum Gasteiger partial charge on any atom is -0.378 e. The average Bonchev–Trinajstić information content (AvgIpc) is 2.48. The quantitative estimate of drug-likeness (QED) is 0.834. The van der Waals surface area contributed by atoms with Crippen LogP contribution in [0.2, 0.25) is 0 Å². The SMILES string of the molecule is CN(C)CCNC(=O)c1cncc(N2CCOCC2)c1. The number of hydrogen-bond donors (Lipinski definition) is 1. The fourth-order valence-corrected chi connectivity index (χ4v) is 2.04. The molecule has 1 aliphatic rings. The lowest BCUT2D eigenvalue weighted by molar-refractivity contribution is 0.0950. The van der Waals surface area contributed by atoms with Crippen LogP contribution < -0.4 is 10.2 Å². The number of hydrogen-bond acceptors (Lipinski definition) is 5. The standard InChI is InChI=1S/C14H22N4O2/c1-17(2)4-3-16-14(19)12-9-13(11-15-10-12)18-5-7-20-8-6-18/h9-11H,3-8H2,1-2H3,(H,16,19). The number of carbonyl (C=O) groups is 1. The summed E-state index contributed by atoms with van der Waals surface area (Å²) in [5.74, 6) is -0.0746. The average molecular weight is 278 g/mol. The molecule has 110 valence electrons. The molecule has 6 heteroatoms. The zero-order valence-corrected chi connectivity index (χ0v) is 12.1. The lowest BCUT2D eigenvalue weighted by Gasteiger charge is -2.28. The van der Waals surface area contributed by atoms with Crippen molar-refractivity contribution in [2.75, 3.05) is 58.4 Å². The maximum Gasteiger partial charge on any atom is 0.252 e. The van der Waals surface area contributed by atoms with Crippen LogP contribution in [0.3, 0.4) is 0 Å². The maximum absolute atomic E-state index is 12.0. The predicted octanol–water partition coefficient (Wildman–Crippen LogP) is 0.210. The molecule has 0 aliphatic carbocycles. The van der Waals surface area contributed by atoms with Gasteiger partial charge in [-0.2, -0.15) is 0 Å². The fraction of sp³-hybridized carbons (Fsp3) is 0.571. The number of amides is 1. The Hall–Kier alpha value is -1.66. The Morgan fingerprint density at radius 3 is 2.85 bits per heavy atom. The first kappa shape index (κ1) is 14.7. The Morgan fingerprint density at radius 2 is 2.15 bits per heavy atom. The highest BCUT2D eigenvalue weighted by molar-refractivity contribution is 5.94. The van der Waals surface area contributed by atoms with E-state index in [1.807, 2.05) is 25.1 Å². The van der Waals surface area contributed by atoms with Crippen molar-refractivity contribution >= 4 is 11.6 Å². The van der Waals surface area contributed by atoms with Gasteiger partial charge in [-0.05, 0) is 20.2 Å². The Morgan fingerprint density at radius 1 is 1.40 bits per heavy atom. The summed E-state index contributed by atoms with van der Waals surface area (Å²) in [6, 6.07) is 1.89. The van der Waals surface area contributed by atoms with Crippen LogP contribution in [0.15, 0.2) is 18.5 Å². The minimum atomic E-state index is -0.0746. The van der Waals surface area contributed by atoms with Crippen molar-refractivity contribution in [3.8, 4) is 0 Å². The highest BCUT2D eigenvalue weighted by atomic mass is 16.5. The van der Waals surface area contributed by atoms with E-state index in [1.54, 1.807) is 12.4 Å². The molecular formula is C14H22N4O2. The summed E-state index contributed by atoms with van der Waals surface area (Å²) in [6.45, 7) is 4.58. The molecule has 0 aromatic carbocycles. The van der Waals surface area contributed by atoms with Crippen molar-refractivity contribution in [1.82, 2.24) is 15.2 Å². The van der Waals surface area contributed by atoms with E-state index in [0.29, 0.717) is 12.1 Å². The second kappa shape index (κ2) is 7.21. The summed E-state index contributed by atoms with van der Waals surface area (Å²) in [5, 5.41) is 2.90. The summed E-state index contributed by atoms with van der Waals surface area (Å²) < 4.78 is 5.33. The number of anilines is 1. The predicted molar refractivity (Wildman–Crippen MR) is 78.2 cm³/mol. The first-order chi connectivity index (χ1) is 9.66. The van der Waals surface area contributed by atoms with Gasteiger partial charge in [0.25, 0.3) is 5.91 Å². The summed E-state index contributed by atoms with van der Waals surface area (Å²) in [6.07, 6.45) is 3.40. The summed E-state index contributed by atoms with van der Waals surface area (Å²) in [4.78, 5) is 20.4. The van der Waals surface area contributed by atoms with Crippen LogP contribution >= 0.6 is 0 Å². The van der Waals surface area contributed by atoms with Gasteiger partial charge in [0.1, 0.15) is 0 Å². The van der Waals surface area contributed by atoms with Crippen LogP contribution in [-0.2, 0) is 4.74 Å². The molecule has 0 unspecified atom stereocenters. The second-order valence-corrected chi connectivity index (χ2v) is 5.09. The van der Waals surface area contributed by atoms with E-state index in [4.69, 9.17) is 4.74 Å². The Bertz CT molecular complexity index is 445. The molecule has 0 bridgehead atoms. The van der Waals surface area contributed by atoms with Gasteiger partial charge in [0, 0.05) is 32.4 Å². The largest absolute Gasteiger partial charge is 0.378 e. The third kappa shape index (κ3) is 4.18. The van der Waals surface area contributed by atoms with Gasteiger partial charge < -0.3 is 19.9 Å². The smallest absolute Gasteiger partial charge is 0.252 e. The van der Waals surface area contributed by atoms with E-state index >= 15 is 0 Å². The molecule has 20 heavy (non-hydrogen) atoms. The molecule has 6 nitrogen and oxygen atoms in total. The molecule has 1 aromatic heterocycles. The molecule has 1 N–H and O–H groups in total. The molecule has 2 rings (SSSR count). The van der Waals surface area contributed by atoms with E-state index in [0.717, 1.165) is 38.5 Å². The van der Waals surface area contributed by atoms with Crippen LogP contribution in [0.4, 0.5) is 5.69 Å². The van der Waals surface area contributed by atoms with Crippen LogP contribution in [0.1, 0.15) is 10.4 Å². The number of nitrogens with zero attached hydrogens (tertiary/aromatic N) is 3. The highest BCUT2D eigenvalue weighted by Crippen LogP contribution is 2.15. The van der Waals surface area contributed by atoms with Crippen LogP contribution in [-0.4, -0.2) is 69.3 Å². The Balaban J connectivity index is 1.96. The molecular weight excluding hydrogens is 256 g/mol. The molecule has 0 spiro atoms. The molecule has 1 amide bonds. The minimum absolute atomic E-state index is 0.0746. The number of ether oxygens (including phenoxy) is 1. The Labute approximate surface area is 119 Å². The van der Waals surface area contributed by atoms with Gasteiger partial charge in [0.15, 0.2) is 0 Å². The van der Waals surface area contributed by atoms with Crippen molar-refractivity contribution < 1.29 is 9.53 Å². The van der Waals surface area contributed by atoms with E-state index in [2.05, 4.69) is 15.2 Å². The highest BCUT2D eigenvalue weighted by Gasteiger charge is 2.13. The van der Waals surface area contributed by atoms with E-state index in [-0.39, 0.29) is 5.91 Å². The molecule has 2 heterocycles. The van der Waals surface area contributed by atoms with E-state index in [9.17, 15) is 4.79 Å². The van der Waals surface area contributed by atoms with Crippen LogP contribution in [0.25, 0.3) is 0 Å². The Kier molecular flexibility index (Phi) is 5.31. The number of pyridine rings is 1. The van der Waals surface area contributed by atoms with Crippen molar-refractivity contribution in [2.45, 2.75) is 0 Å². The molecule has 1 aliphatic heterocycles. The van der Waals surface area contributed by atoms with E-state index < -0.39 is 0 Å². The lowest BCUT2D eigenvalue weighted by Crippen LogP contribution is -2.36. The summed E-state index contributed by atoms with van der Waals surface area (Å²) >= 11 is 0. The molecule has 1 saturated heterocycles. The monoisotopic (exact) mass is 278 g/mol. The number of morpholine rings is 1. The topological polar surface area (TPSA) is 57.7 Å². The molecule has 0 radical (unpaired) electrons. The fourth-order valence-electron chi connectivity index (χ4n) is 2.04. The van der Waals surface area contributed by atoms with Crippen molar-refractivity contribution in [3.05, 3.63) is 24.0 Å². The van der Waals surface area contributed by atoms with Gasteiger partial charge in [-0.25, -0.2) is 0 Å².